The fourth-order valence-electron chi connectivity index (χ4n) is 2.51. The molecule has 0 fully saturated rings. The molecule has 130 valence electrons. The quantitative estimate of drug-likeness (QED) is 0.705. The van der Waals surface area contributed by atoms with Crippen molar-refractivity contribution < 1.29 is 17.9 Å². The number of H-pyrrole nitrogens is 1. The topological polar surface area (TPSA) is 92.4 Å². The SMILES string of the molecule is COC(=O)c1ccccc1S(=O)(=O)N(C)Cc1nc2ccccc2[nH]1. The van der Waals surface area contributed by atoms with Crippen molar-refractivity contribution in [1.82, 2.24) is 14.3 Å². The van der Waals surface area contributed by atoms with Crippen LogP contribution in [0.5, 0.6) is 0 Å². The average molecular weight is 359 g/mol. The number of carbonyl (C=O) groups is 1. The number of aromatic nitrogens is 2. The van der Waals surface area contributed by atoms with Crippen molar-refractivity contribution in [1.29, 1.82) is 0 Å². The molecule has 25 heavy (non-hydrogen) atoms. The number of imidazole rings is 1. The predicted molar refractivity (Wildman–Crippen MR) is 92.5 cm³/mol. The number of esters is 1. The molecule has 0 radical (unpaired) electrons. The summed E-state index contributed by atoms with van der Waals surface area (Å²) >= 11 is 0. The Kier molecular flexibility index (Phi) is 4.56. The number of carbonyl (C=O) groups excluding carboxylic acids is 1. The second-order valence-electron chi connectivity index (χ2n) is 5.45. The number of rotatable bonds is 5. The molecule has 0 bridgehead atoms. The van der Waals surface area contributed by atoms with Gasteiger partial charge < -0.3 is 9.72 Å². The maximum absolute atomic E-state index is 12.9. The van der Waals surface area contributed by atoms with Crippen LogP contribution in [0.25, 0.3) is 11.0 Å². The van der Waals surface area contributed by atoms with Gasteiger partial charge in [-0.1, -0.05) is 24.3 Å². The van der Waals surface area contributed by atoms with Crippen LogP contribution in [-0.4, -0.2) is 42.8 Å². The van der Waals surface area contributed by atoms with Crippen LogP contribution in [0.3, 0.4) is 0 Å². The monoisotopic (exact) mass is 359 g/mol. The standard InChI is InChI=1S/C17H17N3O4S/c1-20(11-16-18-13-8-4-5-9-14(13)19-16)25(22,23)15-10-6-3-7-12(15)17(21)24-2/h3-10H,11H2,1-2H3,(H,18,19). The van der Waals surface area contributed by atoms with E-state index in [9.17, 15) is 13.2 Å². The molecule has 0 atom stereocenters. The van der Waals surface area contributed by atoms with E-state index in [1.54, 1.807) is 12.1 Å². The Bertz CT molecular complexity index is 994. The van der Waals surface area contributed by atoms with E-state index in [1.165, 1.54) is 26.3 Å². The highest BCUT2D eigenvalue weighted by Crippen LogP contribution is 2.21. The molecule has 0 unspecified atom stereocenters. The maximum Gasteiger partial charge on any atom is 0.339 e. The number of hydrogen-bond acceptors (Lipinski definition) is 5. The summed E-state index contributed by atoms with van der Waals surface area (Å²) in [6, 6.07) is 13.4. The van der Waals surface area contributed by atoms with Crippen LogP contribution < -0.4 is 0 Å². The molecule has 1 N–H and O–H groups in total. The second kappa shape index (κ2) is 6.66. The largest absolute Gasteiger partial charge is 0.465 e. The Balaban J connectivity index is 1.93. The minimum Gasteiger partial charge on any atom is -0.465 e. The van der Waals surface area contributed by atoms with Crippen LogP contribution in [0.15, 0.2) is 53.4 Å². The molecular formula is C17H17N3O4S. The van der Waals surface area contributed by atoms with Crippen molar-refractivity contribution in [2.75, 3.05) is 14.2 Å². The normalized spacial score (nSPS) is 11.8. The zero-order valence-electron chi connectivity index (χ0n) is 13.8. The van der Waals surface area contributed by atoms with E-state index >= 15 is 0 Å². The molecule has 7 nitrogen and oxygen atoms in total. The number of ether oxygens (including phenoxy) is 1. The molecule has 2 aromatic carbocycles. The van der Waals surface area contributed by atoms with E-state index < -0.39 is 16.0 Å². The van der Waals surface area contributed by atoms with Crippen LogP contribution in [0.1, 0.15) is 16.2 Å². The number of para-hydroxylation sites is 2. The number of fused-ring (bicyclic) bond motifs is 1. The summed E-state index contributed by atoms with van der Waals surface area (Å²) in [7, 11) is -1.23. The van der Waals surface area contributed by atoms with E-state index in [0.717, 1.165) is 15.3 Å². The first-order valence-corrected chi connectivity index (χ1v) is 8.95. The van der Waals surface area contributed by atoms with Gasteiger partial charge in [-0.2, -0.15) is 4.31 Å². The molecule has 0 saturated carbocycles. The summed E-state index contributed by atoms with van der Waals surface area (Å²) in [6.07, 6.45) is 0. The fraction of sp³-hybridized carbons (Fsp3) is 0.176. The highest BCUT2D eigenvalue weighted by molar-refractivity contribution is 7.89. The average Bonchev–Trinajstić information content (AvgIpc) is 3.03. The van der Waals surface area contributed by atoms with E-state index in [-0.39, 0.29) is 17.0 Å². The van der Waals surface area contributed by atoms with Gasteiger partial charge in [-0.05, 0) is 24.3 Å². The van der Waals surface area contributed by atoms with Crippen molar-refractivity contribution in [3.05, 3.63) is 59.9 Å². The lowest BCUT2D eigenvalue weighted by Crippen LogP contribution is -2.28. The van der Waals surface area contributed by atoms with Crippen LogP contribution in [-0.2, 0) is 21.3 Å². The highest BCUT2D eigenvalue weighted by atomic mass is 32.2. The molecule has 0 saturated heterocycles. The fourth-order valence-corrected chi connectivity index (χ4v) is 3.82. The third-order valence-electron chi connectivity index (χ3n) is 3.79. The smallest absolute Gasteiger partial charge is 0.339 e. The first-order chi connectivity index (χ1) is 11.9. The van der Waals surface area contributed by atoms with Crippen molar-refractivity contribution in [3.63, 3.8) is 0 Å². The van der Waals surface area contributed by atoms with Crippen molar-refractivity contribution in [2.24, 2.45) is 0 Å². The summed E-state index contributed by atoms with van der Waals surface area (Å²) in [5, 5.41) is 0. The van der Waals surface area contributed by atoms with E-state index in [0.29, 0.717) is 5.82 Å². The summed E-state index contributed by atoms with van der Waals surface area (Å²) in [4.78, 5) is 19.2. The Morgan fingerprint density at radius 2 is 1.84 bits per heavy atom. The predicted octanol–water partition coefficient (Wildman–Crippen LogP) is 2.17. The van der Waals surface area contributed by atoms with E-state index in [2.05, 4.69) is 14.7 Å². The maximum atomic E-state index is 12.9. The van der Waals surface area contributed by atoms with Crippen molar-refractivity contribution in [2.45, 2.75) is 11.4 Å². The summed E-state index contributed by atoms with van der Waals surface area (Å²) in [6.45, 7) is 0.0481. The van der Waals surface area contributed by atoms with Gasteiger partial charge in [0.25, 0.3) is 0 Å². The number of benzene rings is 2. The molecular weight excluding hydrogens is 342 g/mol. The summed E-state index contributed by atoms with van der Waals surface area (Å²) in [5.41, 5.74) is 1.60. The van der Waals surface area contributed by atoms with Gasteiger partial charge in [-0.3, -0.25) is 0 Å². The molecule has 1 aromatic heterocycles. The summed E-state index contributed by atoms with van der Waals surface area (Å²) < 4.78 is 31.6. The third kappa shape index (κ3) is 3.26. The van der Waals surface area contributed by atoms with Crippen LogP contribution >= 0.6 is 0 Å². The lowest BCUT2D eigenvalue weighted by Gasteiger charge is -2.17. The van der Waals surface area contributed by atoms with Crippen LogP contribution in [0.2, 0.25) is 0 Å². The Hall–Kier alpha value is -2.71. The molecule has 0 aliphatic rings. The first kappa shape index (κ1) is 17.1. The Morgan fingerprint density at radius 1 is 1.16 bits per heavy atom. The van der Waals surface area contributed by atoms with Gasteiger partial charge in [0.1, 0.15) is 5.82 Å². The number of methoxy groups -OCH3 is 1. The van der Waals surface area contributed by atoms with Gasteiger partial charge >= 0.3 is 5.97 Å². The molecule has 0 aliphatic carbocycles. The van der Waals surface area contributed by atoms with Gasteiger partial charge in [0.15, 0.2) is 0 Å². The highest BCUT2D eigenvalue weighted by Gasteiger charge is 2.27. The molecule has 3 rings (SSSR count). The number of aromatic amines is 1. The lowest BCUT2D eigenvalue weighted by atomic mass is 10.2. The van der Waals surface area contributed by atoms with Crippen molar-refractivity contribution in [3.8, 4) is 0 Å². The van der Waals surface area contributed by atoms with E-state index in [4.69, 9.17) is 0 Å². The number of hydrogen-bond donors (Lipinski definition) is 1. The zero-order valence-corrected chi connectivity index (χ0v) is 14.6. The van der Waals surface area contributed by atoms with Gasteiger partial charge in [0.05, 0.1) is 35.1 Å². The molecule has 8 heteroatoms. The third-order valence-corrected chi connectivity index (χ3v) is 5.65. The molecule has 0 aliphatic heterocycles. The minimum atomic E-state index is -3.89. The molecule has 1 heterocycles. The Labute approximate surface area is 145 Å². The van der Waals surface area contributed by atoms with E-state index in [1.807, 2.05) is 24.3 Å². The number of nitrogens with one attached hydrogen (secondary N) is 1. The molecule has 0 spiro atoms. The second-order valence-corrected chi connectivity index (χ2v) is 7.46. The molecule has 0 amide bonds. The Morgan fingerprint density at radius 3 is 2.56 bits per heavy atom. The number of sulfonamides is 1. The van der Waals surface area contributed by atoms with Crippen LogP contribution in [0, 0.1) is 0 Å². The lowest BCUT2D eigenvalue weighted by molar-refractivity contribution is 0.0596. The first-order valence-electron chi connectivity index (χ1n) is 7.51. The van der Waals surface area contributed by atoms with Gasteiger partial charge in [0, 0.05) is 7.05 Å². The van der Waals surface area contributed by atoms with Crippen molar-refractivity contribution >= 4 is 27.0 Å². The minimum absolute atomic E-state index is 0.00135. The van der Waals surface area contributed by atoms with Gasteiger partial charge in [-0.25, -0.2) is 18.2 Å². The van der Waals surface area contributed by atoms with Crippen LogP contribution in [0.4, 0.5) is 0 Å². The number of nitrogens with zero attached hydrogens (tertiary/aromatic N) is 2. The summed E-state index contributed by atoms with van der Waals surface area (Å²) in [5.74, 6) is -0.181. The van der Waals surface area contributed by atoms with Gasteiger partial charge in [0.2, 0.25) is 10.0 Å². The van der Waals surface area contributed by atoms with Gasteiger partial charge in [-0.15, -0.1) is 0 Å². The zero-order chi connectivity index (χ0) is 18.0. The molecule has 3 aromatic rings.